The molecule has 0 saturated heterocycles. The van der Waals surface area contributed by atoms with E-state index in [4.69, 9.17) is 0 Å². The molecule has 0 spiro atoms. The molecule has 6 heteroatoms. The summed E-state index contributed by atoms with van der Waals surface area (Å²) in [5, 5.41) is 26.3. The van der Waals surface area contributed by atoms with E-state index in [0.29, 0.717) is 25.7 Å². The minimum absolute atomic E-state index is 0.258. The van der Waals surface area contributed by atoms with Crippen LogP contribution in [0.5, 0.6) is 0 Å². The molecule has 0 aromatic heterocycles. The number of nitrogens with zero attached hydrogens (tertiary/aromatic N) is 4. The van der Waals surface area contributed by atoms with Gasteiger partial charge in [-0.15, -0.1) is 0 Å². The molecule has 0 bridgehead atoms. The van der Waals surface area contributed by atoms with Crippen molar-refractivity contribution in [1.29, 1.82) is 10.5 Å². The quantitative estimate of drug-likeness (QED) is 0.718. The van der Waals surface area contributed by atoms with Gasteiger partial charge in [-0.1, -0.05) is 0 Å². The second-order valence-electron chi connectivity index (χ2n) is 5.40. The van der Waals surface area contributed by atoms with E-state index >= 15 is 0 Å². The van der Waals surface area contributed by atoms with Gasteiger partial charge in [0.2, 0.25) is 11.1 Å². The first-order valence-corrected chi connectivity index (χ1v) is 6.92. The van der Waals surface area contributed by atoms with Gasteiger partial charge in [0.05, 0.1) is 0 Å². The largest absolute Gasteiger partial charge is 0.296 e. The molecule has 0 aliphatic heterocycles. The molecule has 0 amide bonds. The van der Waals surface area contributed by atoms with Crippen molar-refractivity contribution in [3.63, 3.8) is 0 Å². The van der Waals surface area contributed by atoms with Crippen molar-refractivity contribution >= 4 is 11.6 Å². The molecule has 0 heterocycles. The van der Waals surface area contributed by atoms with Crippen molar-refractivity contribution in [2.45, 2.75) is 62.4 Å². The second-order valence-corrected chi connectivity index (χ2v) is 5.40. The smallest absolute Gasteiger partial charge is 0.224 e. The van der Waals surface area contributed by atoms with Gasteiger partial charge in [0.25, 0.3) is 0 Å². The molecule has 6 nitrogen and oxygen atoms in total. The lowest BCUT2D eigenvalue weighted by Crippen LogP contribution is -2.41. The first-order valence-electron chi connectivity index (χ1n) is 6.92. The predicted octanol–water partition coefficient (Wildman–Crippen LogP) is 2.25. The normalized spacial score (nSPS) is 34.7. The van der Waals surface area contributed by atoms with Crippen molar-refractivity contribution in [2.75, 3.05) is 0 Å². The maximum Gasteiger partial charge on any atom is 0.224 e. The topological polar surface area (TPSA) is 106 Å². The van der Waals surface area contributed by atoms with Gasteiger partial charge in [-0.05, 0) is 38.5 Å². The van der Waals surface area contributed by atoms with Gasteiger partial charge >= 0.3 is 0 Å². The number of hydrogen-bond donors (Lipinski definition) is 0. The third-order valence-corrected chi connectivity index (χ3v) is 4.07. The Kier molecular flexibility index (Phi) is 3.94. The summed E-state index contributed by atoms with van der Waals surface area (Å²) in [6.45, 7) is 0. The SMILES string of the molecule is N#CC1(N=NC2(C#N)CCCCC2=O)CCCCC1=O. The average Bonchev–Trinajstić information content (AvgIpc) is 2.48. The van der Waals surface area contributed by atoms with E-state index < -0.39 is 11.1 Å². The van der Waals surface area contributed by atoms with Crippen LogP contribution in [0.25, 0.3) is 0 Å². The van der Waals surface area contributed by atoms with E-state index in [-0.39, 0.29) is 11.6 Å². The fourth-order valence-electron chi connectivity index (χ4n) is 2.69. The first-order chi connectivity index (χ1) is 9.58. The minimum Gasteiger partial charge on any atom is -0.296 e. The molecule has 2 fully saturated rings. The van der Waals surface area contributed by atoms with Crippen LogP contribution in [-0.4, -0.2) is 22.6 Å². The Morgan fingerprint density at radius 2 is 1.20 bits per heavy atom. The summed E-state index contributed by atoms with van der Waals surface area (Å²) in [4.78, 5) is 23.9. The molecule has 104 valence electrons. The fourth-order valence-corrected chi connectivity index (χ4v) is 2.69. The Labute approximate surface area is 117 Å². The third kappa shape index (κ3) is 2.34. The maximum atomic E-state index is 12.0. The Morgan fingerprint density at radius 1 is 0.800 bits per heavy atom. The molecule has 0 aromatic carbocycles. The maximum absolute atomic E-state index is 12.0. The van der Waals surface area contributed by atoms with E-state index in [0.717, 1.165) is 25.7 Å². The number of rotatable bonds is 2. The number of carbonyl (C=O) groups excluding carboxylic acids is 2. The lowest BCUT2D eigenvalue weighted by molar-refractivity contribution is -0.126. The lowest BCUT2D eigenvalue weighted by Gasteiger charge is -2.27. The highest BCUT2D eigenvalue weighted by molar-refractivity contribution is 5.93. The predicted molar refractivity (Wildman–Crippen MR) is 68.5 cm³/mol. The van der Waals surface area contributed by atoms with Gasteiger partial charge in [0.1, 0.15) is 12.1 Å². The average molecular weight is 272 g/mol. The van der Waals surface area contributed by atoms with Gasteiger partial charge < -0.3 is 0 Å². The van der Waals surface area contributed by atoms with Crippen LogP contribution >= 0.6 is 0 Å². The Morgan fingerprint density at radius 3 is 1.50 bits per heavy atom. The fraction of sp³-hybridized carbons (Fsp3) is 0.714. The van der Waals surface area contributed by atoms with Crippen LogP contribution in [-0.2, 0) is 9.59 Å². The van der Waals surface area contributed by atoms with Gasteiger partial charge in [-0.2, -0.15) is 20.8 Å². The summed E-state index contributed by atoms with van der Waals surface area (Å²) in [6.07, 6.45) is 4.21. The van der Waals surface area contributed by atoms with E-state index in [1.54, 1.807) is 0 Å². The molecule has 2 aliphatic rings. The summed E-state index contributed by atoms with van der Waals surface area (Å²) in [7, 11) is 0. The number of azo groups is 1. The summed E-state index contributed by atoms with van der Waals surface area (Å²) in [6, 6.07) is 3.86. The van der Waals surface area contributed by atoms with E-state index in [2.05, 4.69) is 10.2 Å². The zero-order chi connectivity index (χ0) is 14.6. The molecular formula is C14H16N4O2. The zero-order valence-electron chi connectivity index (χ0n) is 11.3. The van der Waals surface area contributed by atoms with Crippen LogP contribution in [0.4, 0.5) is 0 Å². The van der Waals surface area contributed by atoms with Gasteiger partial charge in [0, 0.05) is 12.8 Å². The number of Topliss-reactive ketones (excluding diaryl/α,β-unsaturated/α-hetero) is 2. The molecular weight excluding hydrogens is 256 g/mol. The number of carbonyl (C=O) groups is 2. The Balaban J connectivity index is 2.30. The molecule has 0 N–H and O–H groups in total. The first kappa shape index (κ1) is 14.3. The van der Waals surface area contributed by atoms with Crippen molar-refractivity contribution < 1.29 is 9.59 Å². The molecule has 0 radical (unpaired) electrons. The van der Waals surface area contributed by atoms with Gasteiger partial charge in [0.15, 0.2) is 11.6 Å². The number of hydrogen-bond acceptors (Lipinski definition) is 6. The Bertz CT molecular complexity index is 494. The van der Waals surface area contributed by atoms with Crippen LogP contribution in [0.15, 0.2) is 10.2 Å². The van der Waals surface area contributed by atoms with Crippen LogP contribution in [0.1, 0.15) is 51.4 Å². The van der Waals surface area contributed by atoms with Crippen LogP contribution in [0.2, 0.25) is 0 Å². The minimum atomic E-state index is -1.49. The molecule has 2 unspecified atom stereocenters. The number of nitriles is 2. The van der Waals surface area contributed by atoms with E-state index in [1.165, 1.54) is 0 Å². The zero-order valence-corrected chi connectivity index (χ0v) is 11.3. The molecule has 2 rings (SSSR count). The molecule has 20 heavy (non-hydrogen) atoms. The van der Waals surface area contributed by atoms with E-state index in [1.807, 2.05) is 12.1 Å². The van der Waals surface area contributed by atoms with E-state index in [9.17, 15) is 20.1 Å². The molecule has 0 aromatic rings. The van der Waals surface area contributed by atoms with Gasteiger partial charge in [-0.3, -0.25) is 9.59 Å². The van der Waals surface area contributed by atoms with Crippen molar-refractivity contribution in [1.82, 2.24) is 0 Å². The monoisotopic (exact) mass is 272 g/mol. The summed E-state index contributed by atoms with van der Waals surface area (Å²) in [5.41, 5.74) is -2.97. The highest BCUT2D eigenvalue weighted by atomic mass is 16.1. The summed E-state index contributed by atoms with van der Waals surface area (Å²) >= 11 is 0. The standard InChI is InChI=1S/C14H16N4O2/c15-9-13(7-3-1-5-11(13)19)17-18-14(10-16)8-4-2-6-12(14)20/h1-8H2. The highest BCUT2D eigenvalue weighted by Gasteiger charge is 2.45. The molecule has 2 atom stereocenters. The Hall–Kier alpha value is -2.08. The lowest BCUT2D eigenvalue weighted by atomic mass is 9.81. The number of ketones is 2. The highest BCUT2D eigenvalue weighted by Crippen LogP contribution is 2.33. The van der Waals surface area contributed by atoms with Crippen molar-refractivity contribution in [3.8, 4) is 12.1 Å². The van der Waals surface area contributed by atoms with Crippen LogP contribution in [0, 0.1) is 22.7 Å². The van der Waals surface area contributed by atoms with Crippen LogP contribution in [0.3, 0.4) is 0 Å². The van der Waals surface area contributed by atoms with Crippen molar-refractivity contribution in [2.24, 2.45) is 10.2 Å². The van der Waals surface area contributed by atoms with Gasteiger partial charge in [-0.25, -0.2) is 0 Å². The van der Waals surface area contributed by atoms with Crippen molar-refractivity contribution in [3.05, 3.63) is 0 Å². The molecule has 2 aliphatic carbocycles. The molecule has 2 saturated carbocycles. The second kappa shape index (κ2) is 5.50. The summed E-state index contributed by atoms with van der Waals surface area (Å²) < 4.78 is 0. The van der Waals surface area contributed by atoms with Crippen LogP contribution < -0.4 is 0 Å². The summed E-state index contributed by atoms with van der Waals surface area (Å²) in [5.74, 6) is -0.516. The third-order valence-electron chi connectivity index (χ3n) is 4.07.